The number of nitrogens with one attached hydrogen (secondary N) is 1. The summed E-state index contributed by atoms with van der Waals surface area (Å²) in [7, 11) is 0. The number of rotatable bonds is 4. The predicted octanol–water partition coefficient (Wildman–Crippen LogP) is 4.25. The Morgan fingerprint density at radius 1 is 1.36 bits per heavy atom. The van der Waals surface area contributed by atoms with Crippen molar-refractivity contribution in [3.8, 4) is 16.6 Å². The molecule has 0 aliphatic carbocycles. The highest BCUT2D eigenvalue weighted by molar-refractivity contribution is 7.98. The second kappa shape index (κ2) is 7.17. The Labute approximate surface area is 150 Å². The van der Waals surface area contributed by atoms with Gasteiger partial charge in [-0.05, 0) is 36.1 Å². The Balaban J connectivity index is 1.92. The summed E-state index contributed by atoms with van der Waals surface area (Å²) in [6.07, 6.45) is 0. The maximum atomic E-state index is 13.6. The van der Waals surface area contributed by atoms with Gasteiger partial charge in [0.2, 0.25) is 0 Å². The Morgan fingerprint density at radius 3 is 2.68 bits per heavy atom. The summed E-state index contributed by atoms with van der Waals surface area (Å²) >= 11 is 2.50. The number of halogens is 2. The monoisotopic (exact) mass is 375 g/mol. The Kier molecular flexibility index (Phi) is 4.97. The van der Waals surface area contributed by atoms with Gasteiger partial charge in [0.15, 0.2) is 5.16 Å². The van der Waals surface area contributed by atoms with Crippen LogP contribution in [-0.2, 0) is 5.75 Å². The highest BCUT2D eigenvalue weighted by atomic mass is 32.2. The first kappa shape index (κ1) is 17.3. The molecule has 2 heterocycles. The van der Waals surface area contributed by atoms with E-state index in [4.69, 9.17) is 0 Å². The molecule has 0 fully saturated rings. The number of nitrogens with zero attached hydrogens (tertiary/aromatic N) is 2. The lowest BCUT2D eigenvalue weighted by atomic mass is 10.1. The van der Waals surface area contributed by atoms with E-state index in [1.54, 1.807) is 12.1 Å². The normalized spacial score (nSPS) is 10.6. The van der Waals surface area contributed by atoms with Gasteiger partial charge in [-0.2, -0.15) is 5.26 Å². The smallest absolute Gasteiger partial charge is 0.270 e. The molecule has 4 nitrogen and oxygen atoms in total. The molecule has 2 aromatic heterocycles. The summed E-state index contributed by atoms with van der Waals surface area (Å²) in [5.74, 6) is -1.00. The van der Waals surface area contributed by atoms with Crippen molar-refractivity contribution in [3.05, 3.63) is 68.3 Å². The number of nitriles is 1. The van der Waals surface area contributed by atoms with Crippen molar-refractivity contribution < 1.29 is 8.78 Å². The van der Waals surface area contributed by atoms with Crippen LogP contribution in [0.25, 0.3) is 10.6 Å². The van der Waals surface area contributed by atoms with Crippen LogP contribution >= 0.6 is 23.1 Å². The molecule has 1 aromatic carbocycles. The van der Waals surface area contributed by atoms with Gasteiger partial charge in [-0.25, -0.2) is 13.8 Å². The predicted molar refractivity (Wildman–Crippen MR) is 93.5 cm³/mol. The third-order valence-corrected chi connectivity index (χ3v) is 5.30. The molecule has 1 N–H and O–H groups in total. The van der Waals surface area contributed by atoms with Crippen molar-refractivity contribution in [2.75, 3.05) is 0 Å². The molecule has 0 saturated heterocycles. The summed E-state index contributed by atoms with van der Waals surface area (Å²) in [6, 6.07) is 7.95. The van der Waals surface area contributed by atoms with Gasteiger partial charge < -0.3 is 4.98 Å². The van der Waals surface area contributed by atoms with E-state index < -0.39 is 17.2 Å². The Hall–Kier alpha value is -2.50. The van der Waals surface area contributed by atoms with Gasteiger partial charge >= 0.3 is 0 Å². The fourth-order valence-electron chi connectivity index (χ4n) is 2.15. The standard InChI is InChI=1S/C17H11F2N3OS2/c1-9-12(18)5-10(6-13(9)19)8-25-17-21-15(14-3-2-4-24-14)11(7-20)16(23)22-17/h2-6H,8H2,1H3,(H,21,22,23). The topological polar surface area (TPSA) is 69.5 Å². The molecular formula is C17H11F2N3OS2. The first-order chi connectivity index (χ1) is 12.0. The molecule has 126 valence electrons. The van der Waals surface area contributed by atoms with Crippen LogP contribution in [0.2, 0.25) is 0 Å². The van der Waals surface area contributed by atoms with E-state index in [0.717, 1.165) is 11.8 Å². The van der Waals surface area contributed by atoms with Crippen molar-refractivity contribution in [3.63, 3.8) is 0 Å². The van der Waals surface area contributed by atoms with Crippen LogP contribution < -0.4 is 5.56 Å². The van der Waals surface area contributed by atoms with Crippen LogP contribution in [-0.4, -0.2) is 9.97 Å². The lowest BCUT2D eigenvalue weighted by molar-refractivity contribution is 0.566. The summed E-state index contributed by atoms with van der Waals surface area (Å²) < 4.78 is 27.2. The van der Waals surface area contributed by atoms with E-state index in [-0.39, 0.29) is 22.0 Å². The van der Waals surface area contributed by atoms with E-state index in [1.165, 1.54) is 30.4 Å². The maximum Gasteiger partial charge on any atom is 0.270 e. The first-order valence-corrected chi connectivity index (χ1v) is 9.01. The lowest BCUT2D eigenvalue weighted by Gasteiger charge is -2.06. The zero-order chi connectivity index (χ0) is 18.0. The molecule has 0 aliphatic rings. The van der Waals surface area contributed by atoms with Gasteiger partial charge in [-0.3, -0.25) is 4.79 Å². The molecule has 0 saturated carbocycles. The van der Waals surface area contributed by atoms with Gasteiger partial charge in [0.25, 0.3) is 5.56 Å². The fraction of sp³-hybridized carbons (Fsp3) is 0.118. The van der Waals surface area contributed by atoms with Crippen molar-refractivity contribution in [2.45, 2.75) is 17.8 Å². The van der Waals surface area contributed by atoms with Crippen molar-refractivity contribution in [1.29, 1.82) is 5.26 Å². The van der Waals surface area contributed by atoms with E-state index in [0.29, 0.717) is 16.1 Å². The third-order valence-electron chi connectivity index (χ3n) is 3.48. The van der Waals surface area contributed by atoms with E-state index >= 15 is 0 Å². The summed E-state index contributed by atoms with van der Waals surface area (Å²) in [5.41, 5.74) is 0.128. The van der Waals surface area contributed by atoms with Gasteiger partial charge in [-0.1, -0.05) is 17.8 Å². The number of hydrogen-bond donors (Lipinski definition) is 1. The van der Waals surface area contributed by atoms with Crippen molar-refractivity contribution in [1.82, 2.24) is 9.97 Å². The van der Waals surface area contributed by atoms with Crippen molar-refractivity contribution in [2.24, 2.45) is 0 Å². The second-order valence-electron chi connectivity index (χ2n) is 5.16. The SMILES string of the molecule is Cc1c(F)cc(CSc2nc(-c3cccs3)c(C#N)c(=O)[nH]2)cc1F. The first-order valence-electron chi connectivity index (χ1n) is 7.15. The molecule has 0 aliphatic heterocycles. The second-order valence-corrected chi connectivity index (χ2v) is 7.07. The highest BCUT2D eigenvalue weighted by Crippen LogP contribution is 2.27. The summed E-state index contributed by atoms with van der Waals surface area (Å²) in [4.78, 5) is 19.7. The van der Waals surface area contributed by atoms with E-state index in [1.807, 2.05) is 11.4 Å². The molecule has 0 bridgehead atoms. The quantitative estimate of drug-likeness (QED) is 0.547. The number of thiophene rings is 1. The highest BCUT2D eigenvalue weighted by Gasteiger charge is 2.15. The van der Waals surface area contributed by atoms with Crippen molar-refractivity contribution >= 4 is 23.1 Å². The molecule has 0 amide bonds. The minimum atomic E-state index is -0.615. The van der Waals surface area contributed by atoms with Gasteiger partial charge in [0, 0.05) is 11.3 Å². The van der Waals surface area contributed by atoms with E-state index in [2.05, 4.69) is 9.97 Å². The summed E-state index contributed by atoms with van der Waals surface area (Å²) in [5, 5.41) is 11.3. The number of aromatic amines is 1. The van der Waals surface area contributed by atoms with Crippen LogP contribution in [0.3, 0.4) is 0 Å². The molecule has 0 unspecified atom stereocenters. The minimum Gasteiger partial charge on any atom is -0.300 e. The van der Waals surface area contributed by atoms with Crippen LogP contribution in [0.5, 0.6) is 0 Å². The number of aromatic nitrogens is 2. The minimum absolute atomic E-state index is 0.0290. The van der Waals surface area contributed by atoms with Gasteiger partial charge in [-0.15, -0.1) is 11.3 Å². The maximum absolute atomic E-state index is 13.6. The number of thioether (sulfide) groups is 1. The van der Waals surface area contributed by atoms with Crippen LogP contribution in [0.1, 0.15) is 16.7 Å². The summed E-state index contributed by atoms with van der Waals surface area (Å²) in [6.45, 7) is 1.37. The molecule has 3 rings (SSSR count). The zero-order valence-corrected chi connectivity index (χ0v) is 14.6. The molecule has 0 atom stereocenters. The molecule has 0 radical (unpaired) electrons. The van der Waals surface area contributed by atoms with Crippen LogP contribution in [0.15, 0.2) is 39.6 Å². The average molecular weight is 375 g/mol. The Morgan fingerprint density at radius 2 is 2.08 bits per heavy atom. The molecular weight excluding hydrogens is 364 g/mol. The molecule has 8 heteroatoms. The average Bonchev–Trinajstić information content (AvgIpc) is 3.11. The van der Waals surface area contributed by atoms with Gasteiger partial charge in [0.1, 0.15) is 29.0 Å². The largest absolute Gasteiger partial charge is 0.300 e. The van der Waals surface area contributed by atoms with Crippen LogP contribution in [0.4, 0.5) is 8.78 Å². The number of H-pyrrole nitrogens is 1. The van der Waals surface area contributed by atoms with Gasteiger partial charge in [0.05, 0.1) is 4.88 Å². The molecule has 25 heavy (non-hydrogen) atoms. The zero-order valence-electron chi connectivity index (χ0n) is 13.0. The fourth-order valence-corrected chi connectivity index (χ4v) is 3.66. The van der Waals surface area contributed by atoms with E-state index in [9.17, 15) is 18.8 Å². The van der Waals surface area contributed by atoms with Crippen LogP contribution in [0, 0.1) is 29.9 Å². The number of benzene rings is 1. The number of hydrogen-bond acceptors (Lipinski definition) is 5. The lowest BCUT2D eigenvalue weighted by Crippen LogP contribution is -2.14. The third kappa shape index (κ3) is 3.62. The Bertz CT molecular complexity index is 1000. The molecule has 0 spiro atoms. The molecule has 3 aromatic rings.